The van der Waals surface area contributed by atoms with Crippen molar-refractivity contribution < 1.29 is 22.7 Å². The lowest BCUT2D eigenvalue weighted by Crippen LogP contribution is -2.46. The minimum Gasteiger partial charge on any atom is -0.468 e. The molecule has 0 unspecified atom stereocenters. The average Bonchev–Trinajstić information content (AvgIpc) is 3.00. The molecule has 0 atom stereocenters. The molecule has 9 heteroatoms. The van der Waals surface area contributed by atoms with Gasteiger partial charge in [-0.25, -0.2) is 9.78 Å². The summed E-state index contributed by atoms with van der Waals surface area (Å²) in [5.74, 6) is 0.513. The first-order valence-corrected chi connectivity index (χ1v) is 10.8. The second-order valence-corrected chi connectivity index (χ2v) is 8.18. The van der Waals surface area contributed by atoms with E-state index in [1.165, 1.54) is 45.0 Å². The number of pyridine rings is 1. The van der Waals surface area contributed by atoms with Gasteiger partial charge in [0.15, 0.2) is 6.61 Å². The van der Waals surface area contributed by atoms with E-state index in [0.29, 0.717) is 24.6 Å². The summed E-state index contributed by atoms with van der Waals surface area (Å²) in [6.45, 7) is 3.56. The lowest BCUT2D eigenvalue weighted by Gasteiger charge is -2.34. The van der Waals surface area contributed by atoms with Crippen LogP contribution in [-0.4, -0.2) is 66.3 Å². The van der Waals surface area contributed by atoms with Gasteiger partial charge in [0.05, 0.1) is 0 Å². The van der Waals surface area contributed by atoms with Crippen molar-refractivity contribution in [3.8, 4) is 5.88 Å². The summed E-state index contributed by atoms with van der Waals surface area (Å²) in [5, 5.41) is 2.79. The number of urea groups is 1. The number of nitrogens with one attached hydrogen (secondary N) is 1. The summed E-state index contributed by atoms with van der Waals surface area (Å²) in [7, 11) is 0. The summed E-state index contributed by atoms with van der Waals surface area (Å²) in [6.07, 6.45) is 4.12. The number of aromatic nitrogens is 1. The number of ether oxygens (including phenoxy) is 1. The summed E-state index contributed by atoms with van der Waals surface area (Å²) in [5.41, 5.74) is 0.422. The molecule has 0 radical (unpaired) electrons. The van der Waals surface area contributed by atoms with Crippen LogP contribution in [0.3, 0.4) is 0 Å². The van der Waals surface area contributed by atoms with Gasteiger partial charge in [0, 0.05) is 37.9 Å². The van der Waals surface area contributed by atoms with Gasteiger partial charge in [0.1, 0.15) is 0 Å². The average molecular weight is 428 g/mol. The summed E-state index contributed by atoms with van der Waals surface area (Å²) in [4.78, 5) is 20.7. The van der Waals surface area contributed by atoms with Gasteiger partial charge >= 0.3 is 12.2 Å². The molecular formula is C21H31F3N4O2. The van der Waals surface area contributed by atoms with Crippen LogP contribution in [0.25, 0.3) is 0 Å². The van der Waals surface area contributed by atoms with E-state index in [0.717, 1.165) is 19.4 Å². The quantitative estimate of drug-likeness (QED) is 0.749. The lowest BCUT2D eigenvalue weighted by atomic mass is 9.96. The molecule has 2 amide bonds. The normalized spacial score (nSPS) is 19.4. The van der Waals surface area contributed by atoms with E-state index in [4.69, 9.17) is 4.74 Å². The molecule has 2 saturated heterocycles. The van der Waals surface area contributed by atoms with Gasteiger partial charge in [-0.05, 0) is 50.8 Å². The Bertz CT molecular complexity index is 670. The highest BCUT2D eigenvalue weighted by molar-refractivity contribution is 5.74. The first kappa shape index (κ1) is 22.7. The molecule has 2 aliphatic rings. The van der Waals surface area contributed by atoms with E-state index in [1.807, 2.05) is 0 Å². The molecule has 2 fully saturated rings. The Morgan fingerprint density at radius 3 is 2.50 bits per heavy atom. The molecule has 0 aromatic carbocycles. The third-order valence-electron chi connectivity index (χ3n) is 5.77. The Balaban J connectivity index is 1.42. The first-order chi connectivity index (χ1) is 14.4. The zero-order valence-corrected chi connectivity index (χ0v) is 17.3. The Labute approximate surface area is 175 Å². The number of piperidine rings is 1. The number of hydrogen-bond donors (Lipinski definition) is 1. The van der Waals surface area contributed by atoms with Crippen LogP contribution in [0.15, 0.2) is 18.3 Å². The van der Waals surface area contributed by atoms with Crippen LogP contribution < -0.4 is 10.1 Å². The van der Waals surface area contributed by atoms with Gasteiger partial charge in [-0.2, -0.15) is 13.2 Å². The van der Waals surface area contributed by atoms with E-state index in [9.17, 15) is 18.0 Å². The van der Waals surface area contributed by atoms with Crippen molar-refractivity contribution >= 4 is 6.03 Å². The van der Waals surface area contributed by atoms with Crippen LogP contribution >= 0.6 is 0 Å². The highest BCUT2D eigenvalue weighted by Gasteiger charge is 2.29. The second kappa shape index (κ2) is 10.8. The van der Waals surface area contributed by atoms with Gasteiger partial charge in [-0.3, -0.25) is 0 Å². The highest BCUT2D eigenvalue weighted by Crippen LogP contribution is 2.22. The molecule has 0 saturated carbocycles. The number of halogens is 3. The molecule has 1 aromatic rings. The van der Waals surface area contributed by atoms with Crippen molar-refractivity contribution in [1.29, 1.82) is 0 Å². The molecule has 30 heavy (non-hydrogen) atoms. The standard InChI is InChI=1S/C21H31F3N4O2/c22-21(23,24)16-30-19-18(6-5-9-25-19)14-26-20(29)28-12-7-17(8-13-28)15-27-10-3-1-2-4-11-27/h5-6,9,17H,1-4,7-8,10-16H2,(H,26,29). The van der Waals surface area contributed by atoms with Crippen LogP contribution in [0.1, 0.15) is 44.1 Å². The van der Waals surface area contributed by atoms with Crippen molar-refractivity contribution in [2.45, 2.75) is 51.2 Å². The first-order valence-electron chi connectivity index (χ1n) is 10.8. The number of amides is 2. The maximum Gasteiger partial charge on any atom is 0.422 e. The molecular weight excluding hydrogens is 397 g/mol. The van der Waals surface area contributed by atoms with E-state index < -0.39 is 12.8 Å². The van der Waals surface area contributed by atoms with Gasteiger partial charge in [-0.1, -0.05) is 18.9 Å². The minimum absolute atomic E-state index is 0.0770. The number of hydrogen-bond acceptors (Lipinski definition) is 4. The highest BCUT2D eigenvalue weighted by atomic mass is 19.4. The second-order valence-electron chi connectivity index (χ2n) is 8.18. The molecule has 0 aliphatic carbocycles. The van der Waals surface area contributed by atoms with Crippen LogP contribution in [0.2, 0.25) is 0 Å². The van der Waals surface area contributed by atoms with Crippen LogP contribution in [0.5, 0.6) is 5.88 Å². The van der Waals surface area contributed by atoms with E-state index in [2.05, 4.69) is 15.2 Å². The van der Waals surface area contributed by atoms with Crippen molar-refractivity contribution in [2.24, 2.45) is 5.92 Å². The summed E-state index contributed by atoms with van der Waals surface area (Å²) >= 11 is 0. The smallest absolute Gasteiger partial charge is 0.422 e. The van der Waals surface area contributed by atoms with Crippen LogP contribution in [0.4, 0.5) is 18.0 Å². The van der Waals surface area contributed by atoms with E-state index >= 15 is 0 Å². The monoisotopic (exact) mass is 428 g/mol. The molecule has 6 nitrogen and oxygen atoms in total. The SMILES string of the molecule is O=C(NCc1cccnc1OCC(F)(F)F)N1CCC(CN2CCCCCC2)CC1. The Morgan fingerprint density at radius 2 is 1.83 bits per heavy atom. The molecule has 1 N–H and O–H groups in total. The maximum absolute atomic E-state index is 12.5. The Hall–Kier alpha value is -2.03. The summed E-state index contributed by atoms with van der Waals surface area (Å²) in [6, 6.07) is 3.01. The van der Waals surface area contributed by atoms with Crippen molar-refractivity contribution in [3.63, 3.8) is 0 Å². The number of carbonyl (C=O) groups excluding carboxylic acids is 1. The van der Waals surface area contributed by atoms with Gasteiger partial charge < -0.3 is 19.9 Å². The van der Waals surface area contributed by atoms with Crippen molar-refractivity contribution in [1.82, 2.24) is 20.1 Å². The fraction of sp³-hybridized carbons (Fsp3) is 0.714. The Kier molecular flexibility index (Phi) is 8.18. The fourth-order valence-electron chi connectivity index (χ4n) is 4.12. The molecule has 3 rings (SSSR count). The van der Waals surface area contributed by atoms with Crippen LogP contribution in [-0.2, 0) is 6.54 Å². The number of alkyl halides is 3. The third-order valence-corrected chi connectivity index (χ3v) is 5.77. The van der Waals surface area contributed by atoms with Gasteiger partial charge in [-0.15, -0.1) is 0 Å². The minimum atomic E-state index is -4.43. The molecule has 1 aromatic heterocycles. The van der Waals surface area contributed by atoms with E-state index in [-0.39, 0.29) is 18.5 Å². The number of likely N-dealkylation sites (tertiary alicyclic amines) is 2. The van der Waals surface area contributed by atoms with Crippen LogP contribution in [0, 0.1) is 5.92 Å². The number of carbonyl (C=O) groups is 1. The maximum atomic E-state index is 12.5. The third kappa shape index (κ3) is 7.34. The van der Waals surface area contributed by atoms with Gasteiger partial charge in [0.2, 0.25) is 5.88 Å². The van der Waals surface area contributed by atoms with Gasteiger partial charge in [0.25, 0.3) is 0 Å². The predicted octanol–water partition coefficient (Wildman–Crippen LogP) is 3.82. The van der Waals surface area contributed by atoms with Crippen molar-refractivity contribution in [3.05, 3.63) is 23.9 Å². The zero-order valence-electron chi connectivity index (χ0n) is 17.3. The lowest BCUT2D eigenvalue weighted by molar-refractivity contribution is -0.154. The topological polar surface area (TPSA) is 57.7 Å². The molecule has 0 spiro atoms. The predicted molar refractivity (Wildman–Crippen MR) is 107 cm³/mol. The number of nitrogens with zero attached hydrogens (tertiary/aromatic N) is 3. The van der Waals surface area contributed by atoms with Crippen molar-refractivity contribution in [2.75, 3.05) is 39.3 Å². The molecule has 168 valence electrons. The molecule has 3 heterocycles. The molecule has 0 bridgehead atoms. The Morgan fingerprint density at radius 1 is 1.13 bits per heavy atom. The molecule has 2 aliphatic heterocycles. The zero-order chi connectivity index (χ0) is 21.4. The fourth-order valence-corrected chi connectivity index (χ4v) is 4.12. The van der Waals surface area contributed by atoms with E-state index in [1.54, 1.807) is 17.0 Å². The number of rotatable bonds is 6. The largest absolute Gasteiger partial charge is 0.468 e. The summed E-state index contributed by atoms with van der Waals surface area (Å²) < 4.78 is 42.0.